The van der Waals surface area contributed by atoms with Gasteiger partial charge in [-0.1, -0.05) is 47.9 Å². The molecule has 0 amide bonds. The van der Waals surface area contributed by atoms with Crippen LogP contribution in [0, 0.1) is 70.4 Å². The predicted molar refractivity (Wildman–Crippen MR) is 330 cm³/mol. The lowest BCUT2D eigenvalue weighted by atomic mass is 10.0. The molecule has 0 spiro atoms. The van der Waals surface area contributed by atoms with Crippen molar-refractivity contribution < 1.29 is 65.1 Å². The van der Waals surface area contributed by atoms with Crippen molar-refractivity contribution in [2.75, 3.05) is 53.6 Å². The van der Waals surface area contributed by atoms with Crippen LogP contribution in [0.3, 0.4) is 0 Å². The van der Waals surface area contributed by atoms with E-state index in [0.717, 1.165) is 50.4 Å². The van der Waals surface area contributed by atoms with E-state index < -0.39 is 46.8 Å². The summed E-state index contributed by atoms with van der Waals surface area (Å²) in [5.74, 6) is 8.01. The SMILES string of the molecule is COCCn1c(Cc2cc(F)c(-c3cccc(OCc4ccc(C#CC5CNC5)cc4F)n3)cc2F)nc2ccc(C(=O)O)cc21.COCCn1c(Cc2cc(F)c(-c3cccc(OCc4ccc(C#CC5CNC5)cc4F)n3)cc2F)nc2ccc(C(=O)O)cc21. The Bertz CT molecular complexity index is 4280. The predicted octanol–water partition coefficient (Wildman–Crippen LogP) is 11.2. The molecule has 2 saturated heterocycles. The number of rotatable bonds is 20. The zero-order valence-electron chi connectivity index (χ0n) is 49.6. The van der Waals surface area contributed by atoms with Gasteiger partial charge in [0, 0.05) is 124 Å². The molecule has 0 radical (unpaired) electrons. The molecule has 0 saturated carbocycles. The lowest BCUT2D eigenvalue weighted by Gasteiger charge is -2.21. The number of aromatic nitrogens is 6. The number of carbonyl (C=O) groups is 2. The van der Waals surface area contributed by atoms with Crippen molar-refractivity contribution >= 4 is 34.0 Å². The molecule has 10 aromatic rings. The quantitative estimate of drug-likeness (QED) is 0.0415. The highest BCUT2D eigenvalue weighted by atomic mass is 19.1. The topological polar surface area (TPSA) is 197 Å². The van der Waals surface area contributed by atoms with Gasteiger partial charge in [-0.25, -0.2) is 55.9 Å². The van der Waals surface area contributed by atoms with Gasteiger partial charge in [0.2, 0.25) is 11.8 Å². The molecule has 0 bridgehead atoms. The van der Waals surface area contributed by atoms with Crippen molar-refractivity contribution in [2.45, 2.75) is 39.1 Å². The second-order valence-corrected chi connectivity index (χ2v) is 21.7. The standard InChI is InChI=1S/2C35H29F3N4O4/c2*1-45-12-11-42-32-15-23(35(43)44)9-10-31(32)40-33(42)16-25-14-29(38)26(17-28(25)37)30-3-2-4-34(41-30)46-20-24-8-7-21(13-27(24)36)5-6-22-18-39-19-22/h2*2-4,7-10,13-15,17,22,39H,11-12,16,18-20H2,1H3,(H,43,44). The Morgan fingerprint density at radius 2 is 0.913 bits per heavy atom. The molecule has 4 aromatic heterocycles. The number of ether oxygens (including phenoxy) is 4. The number of pyridine rings is 2. The minimum atomic E-state index is -1.08. The summed E-state index contributed by atoms with van der Waals surface area (Å²) >= 11 is 0. The number of halogens is 6. The normalized spacial score (nSPS) is 12.9. The molecule has 6 aromatic carbocycles. The first kappa shape index (κ1) is 63.2. The van der Waals surface area contributed by atoms with Crippen LogP contribution in [0.25, 0.3) is 44.6 Å². The van der Waals surface area contributed by atoms with Crippen LogP contribution in [0.5, 0.6) is 11.8 Å². The van der Waals surface area contributed by atoms with Gasteiger partial charge in [-0.2, -0.15) is 0 Å². The number of benzene rings is 6. The Kier molecular flexibility index (Phi) is 19.7. The van der Waals surface area contributed by atoms with Crippen LogP contribution in [0.4, 0.5) is 26.3 Å². The Labute approximate surface area is 523 Å². The number of hydrogen-bond acceptors (Lipinski definition) is 12. The highest BCUT2D eigenvalue weighted by Crippen LogP contribution is 2.31. The molecule has 6 heterocycles. The van der Waals surface area contributed by atoms with Gasteiger partial charge < -0.3 is 48.9 Å². The van der Waals surface area contributed by atoms with Crippen LogP contribution in [0.1, 0.15) is 65.7 Å². The summed E-state index contributed by atoms with van der Waals surface area (Å²) in [5.41, 5.74) is 4.38. The van der Waals surface area contributed by atoms with Crippen LogP contribution in [0.2, 0.25) is 0 Å². The zero-order chi connectivity index (χ0) is 64.4. The summed E-state index contributed by atoms with van der Waals surface area (Å²) in [6, 6.07) is 32.1. The summed E-state index contributed by atoms with van der Waals surface area (Å²) < 4.78 is 117. The minimum Gasteiger partial charge on any atom is -0.478 e. The van der Waals surface area contributed by atoms with Crippen molar-refractivity contribution in [3.63, 3.8) is 0 Å². The number of hydrogen-bond donors (Lipinski definition) is 4. The Balaban J connectivity index is 0.000000188. The van der Waals surface area contributed by atoms with E-state index in [9.17, 15) is 28.6 Å². The fourth-order valence-corrected chi connectivity index (χ4v) is 10.2. The molecule has 92 heavy (non-hydrogen) atoms. The van der Waals surface area contributed by atoms with E-state index in [2.05, 4.69) is 54.3 Å². The lowest BCUT2D eigenvalue weighted by Crippen LogP contribution is -2.40. The van der Waals surface area contributed by atoms with E-state index in [4.69, 9.17) is 18.9 Å². The molecule has 2 aliphatic rings. The average molecular weight is 1250 g/mol. The van der Waals surface area contributed by atoms with Crippen LogP contribution in [-0.4, -0.2) is 105 Å². The van der Waals surface area contributed by atoms with Crippen LogP contribution in [-0.2, 0) is 48.6 Å². The second-order valence-electron chi connectivity index (χ2n) is 21.7. The average Bonchev–Trinajstić information content (AvgIpc) is 1.61. The second kappa shape index (κ2) is 28.6. The molecule has 468 valence electrons. The first-order chi connectivity index (χ1) is 44.6. The highest BCUT2D eigenvalue weighted by molar-refractivity contribution is 5.93. The number of fused-ring (bicyclic) bond motifs is 2. The Morgan fingerprint density at radius 3 is 1.28 bits per heavy atom. The number of imidazole rings is 2. The molecule has 0 unspecified atom stereocenters. The smallest absolute Gasteiger partial charge is 0.335 e. The number of methoxy groups -OCH3 is 2. The van der Waals surface area contributed by atoms with Crippen molar-refractivity contribution in [1.82, 2.24) is 39.7 Å². The molecule has 2 fully saturated rings. The lowest BCUT2D eigenvalue weighted by molar-refractivity contribution is 0.0686. The molecule has 12 rings (SSSR count). The van der Waals surface area contributed by atoms with E-state index in [1.165, 1.54) is 62.8 Å². The third-order valence-corrected chi connectivity index (χ3v) is 15.4. The van der Waals surface area contributed by atoms with Gasteiger partial charge >= 0.3 is 11.9 Å². The maximum Gasteiger partial charge on any atom is 0.335 e. The monoisotopic (exact) mass is 1250 g/mol. The minimum absolute atomic E-state index is 0.0475. The number of carboxylic acids is 2. The van der Waals surface area contributed by atoms with Gasteiger partial charge in [-0.3, -0.25) is 0 Å². The maximum absolute atomic E-state index is 15.5. The summed E-state index contributed by atoms with van der Waals surface area (Å²) in [7, 11) is 3.06. The molecule has 4 N–H and O–H groups in total. The third kappa shape index (κ3) is 14.9. The van der Waals surface area contributed by atoms with Crippen LogP contribution < -0.4 is 20.1 Å². The van der Waals surface area contributed by atoms with E-state index in [-0.39, 0.29) is 94.4 Å². The molecule has 22 heteroatoms. The maximum atomic E-state index is 15.5. The molecular formula is C70H58F6N8O8. The number of aromatic carboxylic acids is 2. The van der Waals surface area contributed by atoms with Crippen LogP contribution in [0.15, 0.2) is 133 Å². The van der Waals surface area contributed by atoms with E-state index in [0.29, 0.717) is 82.3 Å². The summed E-state index contributed by atoms with van der Waals surface area (Å²) in [4.78, 5) is 40.8. The van der Waals surface area contributed by atoms with E-state index >= 15 is 17.6 Å². The van der Waals surface area contributed by atoms with Crippen molar-refractivity contribution in [2.24, 2.45) is 11.8 Å². The molecular weight excluding hydrogens is 1190 g/mol. The summed E-state index contributed by atoms with van der Waals surface area (Å²) in [6.45, 7) is 4.41. The number of carboxylic acid groups (broad SMARTS) is 2. The highest BCUT2D eigenvalue weighted by Gasteiger charge is 2.22. The van der Waals surface area contributed by atoms with Gasteiger partial charge in [-0.15, -0.1) is 0 Å². The van der Waals surface area contributed by atoms with Gasteiger partial charge in [0.05, 0.1) is 57.8 Å². The fraction of sp³-hybridized carbons (Fsp3) is 0.229. The third-order valence-electron chi connectivity index (χ3n) is 15.4. The van der Waals surface area contributed by atoms with Crippen molar-refractivity contribution in [3.8, 4) is 58.0 Å². The summed E-state index contributed by atoms with van der Waals surface area (Å²) in [5, 5.41) is 25.1. The van der Waals surface area contributed by atoms with Crippen molar-refractivity contribution in [1.29, 1.82) is 0 Å². The Morgan fingerprint density at radius 1 is 0.500 bits per heavy atom. The molecule has 16 nitrogen and oxygen atoms in total. The number of nitrogens with zero attached hydrogens (tertiary/aromatic N) is 6. The molecule has 0 aliphatic carbocycles. The van der Waals surface area contributed by atoms with Crippen molar-refractivity contribution in [3.05, 3.63) is 225 Å². The fourth-order valence-electron chi connectivity index (χ4n) is 10.2. The van der Waals surface area contributed by atoms with Gasteiger partial charge in [0.15, 0.2) is 0 Å². The van der Waals surface area contributed by atoms with E-state index in [1.807, 2.05) is 0 Å². The van der Waals surface area contributed by atoms with Gasteiger partial charge in [-0.05, 0) is 108 Å². The number of nitrogens with one attached hydrogen (secondary N) is 2. The molecule has 0 atom stereocenters. The first-order valence-electron chi connectivity index (χ1n) is 29.2. The zero-order valence-corrected chi connectivity index (χ0v) is 49.6. The van der Waals surface area contributed by atoms with Crippen LogP contribution >= 0.6 is 0 Å². The summed E-state index contributed by atoms with van der Waals surface area (Å²) in [6.07, 6.45) is -0.0950. The first-order valence-corrected chi connectivity index (χ1v) is 29.2. The Hall–Kier alpha value is -10.4. The van der Waals surface area contributed by atoms with Gasteiger partial charge in [0.1, 0.15) is 59.8 Å². The molecule has 2 aliphatic heterocycles. The van der Waals surface area contributed by atoms with E-state index in [1.54, 1.807) is 69.8 Å². The van der Waals surface area contributed by atoms with Gasteiger partial charge in [0.25, 0.3) is 0 Å². The largest absolute Gasteiger partial charge is 0.478 e.